The summed E-state index contributed by atoms with van der Waals surface area (Å²) in [5, 5.41) is 14.4. The molecule has 5 fully saturated rings. The number of likely N-dealkylation sites (tertiary alicyclic amines) is 1. The second-order valence-electron chi connectivity index (χ2n) is 16.5. The molecule has 2 aromatic carbocycles. The summed E-state index contributed by atoms with van der Waals surface area (Å²) in [5.74, 6) is -1.01. The zero-order valence-corrected chi connectivity index (χ0v) is 33.0. The number of carbonyl (C=O) groups excluding carboxylic acids is 5. The molecule has 1 aromatic heterocycles. The number of anilines is 2. The Hall–Kier alpha value is -5.66. The Morgan fingerprint density at radius 1 is 0.864 bits per heavy atom. The third-order valence-corrected chi connectivity index (χ3v) is 13.2. The number of imide groups is 2. The summed E-state index contributed by atoms with van der Waals surface area (Å²) in [5.41, 5.74) is 0.963. The third kappa shape index (κ3) is 7.57. The molecule has 306 valence electrons. The van der Waals surface area contributed by atoms with Crippen LogP contribution in [-0.2, 0) is 9.59 Å². The minimum absolute atomic E-state index is 0.0114. The largest absolute Gasteiger partial charge is 0.490 e. The lowest BCUT2D eigenvalue weighted by molar-refractivity contribution is -0.136. The van der Waals surface area contributed by atoms with Crippen LogP contribution in [0.5, 0.6) is 5.75 Å². The van der Waals surface area contributed by atoms with Crippen LogP contribution < -0.4 is 25.2 Å². The molecule has 5 amide bonds. The van der Waals surface area contributed by atoms with E-state index in [-0.39, 0.29) is 53.4 Å². The molecule has 6 heterocycles. The van der Waals surface area contributed by atoms with Crippen molar-refractivity contribution in [3.05, 3.63) is 81.5 Å². The van der Waals surface area contributed by atoms with Gasteiger partial charge in [-0.1, -0.05) is 17.7 Å². The monoisotopic (exact) mass is 823 g/mol. The first-order valence-electron chi connectivity index (χ1n) is 20.3. The Labute approximate surface area is 345 Å². The van der Waals surface area contributed by atoms with Crippen LogP contribution in [0.2, 0.25) is 5.02 Å². The van der Waals surface area contributed by atoms with Gasteiger partial charge in [-0.3, -0.25) is 39.1 Å². The number of nitrogens with zero attached hydrogens (tertiary/aromatic N) is 7. The number of amides is 5. The van der Waals surface area contributed by atoms with E-state index in [1.807, 2.05) is 11.0 Å². The average molecular weight is 824 g/mol. The minimum Gasteiger partial charge on any atom is -0.490 e. The standard InChI is InChI=1S/C42H43ClFN9O6/c1-45-33-7-6-28(16-31(33)43)59-27-4-2-25(3-5-27)46-39(55)34-8-10-37(49-48-34)52-21-23-19-51(20-24(23)22-52)26-12-14-50(15-13-26)36-18-30-29(17-32(36)44)41(57)53(42(30)58)35-9-11-38(54)47-40(35)56/h6-8,10,16-18,23-27,35H,2-5,9,11-15,19-22H2,(H,46,55)(H,47,54,56). The highest BCUT2D eigenvalue weighted by atomic mass is 35.5. The van der Waals surface area contributed by atoms with Crippen molar-refractivity contribution in [2.75, 3.05) is 49.1 Å². The predicted molar refractivity (Wildman–Crippen MR) is 213 cm³/mol. The van der Waals surface area contributed by atoms with Gasteiger partial charge in [0.05, 0.1) is 34.5 Å². The van der Waals surface area contributed by atoms with Gasteiger partial charge in [-0.25, -0.2) is 9.24 Å². The van der Waals surface area contributed by atoms with Crippen LogP contribution in [-0.4, -0.2) is 113 Å². The van der Waals surface area contributed by atoms with Gasteiger partial charge in [0.1, 0.15) is 17.6 Å². The van der Waals surface area contributed by atoms with Gasteiger partial charge in [0, 0.05) is 57.8 Å². The Bertz CT molecular complexity index is 2240. The minimum atomic E-state index is -1.10. The molecular formula is C42H43ClFN9O6. The van der Waals surface area contributed by atoms with E-state index in [1.54, 1.807) is 24.3 Å². The van der Waals surface area contributed by atoms with Crippen LogP contribution in [0.3, 0.4) is 0 Å². The van der Waals surface area contributed by atoms with E-state index in [9.17, 15) is 24.0 Å². The normalized spacial score (nSPS) is 26.1. The Morgan fingerprint density at radius 2 is 1.58 bits per heavy atom. The van der Waals surface area contributed by atoms with Gasteiger partial charge in [-0.15, -0.1) is 10.2 Å². The number of ether oxygens (including phenoxy) is 1. The number of benzene rings is 2. The predicted octanol–water partition coefficient (Wildman–Crippen LogP) is 4.38. The molecule has 3 unspecified atom stereocenters. The fraction of sp³-hybridized carbons (Fsp3) is 0.476. The molecule has 5 aliphatic heterocycles. The number of nitrogens with one attached hydrogen (secondary N) is 2. The number of carbonyl (C=O) groups is 5. The smallest absolute Gasteiger partial charge is 0.272 e. The SMILES string of the molecule is [C-]#[N+]c1ccc(OC2CCC(NC(=O)c3ccc(N4CC5CN(C6CCN(c7cc8c(cc7F)C(=O)N(C7CCC(=O)NC7=O)C8=O)CC6)CC5C4)nn3)CC2)cc1Cl. The Morgan fingerprint density at radius 3 is 2.22 bits per heavy atom. The van der Waals surface area contributed by atoms with Gasteiger partial charge in [-0.2, -0.15) is 0 Å². The number of hydrogen-bond acceptors (Lipinski definition) is 11. The van der Waals surface area contributed by atoms with Crippen molar-refractivity contribution in [2.45, 2.75) is 75.6 Å². The van der Waals surface area contributed by atoms with Crippen LogP contribution in [0.25, 0.3) is 4.85 Å². The van der Waals surface area contributed by atoms with E-state index in [4.69, 9.17) is 22.9 Å². The van der Waals surface area contributed by atoms with Crippen LogP contribution >= 0.6 is 11.6 Å². The van der Waals surface area contributed by atoms with E-state index < -0.39 is 35.5 Å². The van der Waals surface area contributed by atoms with Crippen molar-refractivity contribution in [1.29, 1.82) is 0 Å². The summed E-state index contributed by atoms with van der Waals surface area (Å²) in [4.78, 5) is 74.6. The zero-order chi connectivity index (χ0) is 40.9. The van der Waals surface area contributed by atoms with Crippen molar-refractivity contribution >= 4 is 58.3 Å². The van der Waals surface area contributed by atoms with E-state index in [0.717, 1.165) is 81.5 Å². The highest BCUT2D eigenvalue weighted by Gasteiger charge is 2.46. The van der Waals surface area contributed by atoms with Crippen LogP contribution in [0.1, 0.15) is 82.6 Å². The maximum Gasteiger partial charge on any atom is 0.272 e. The number of aromatic nitrogens is 2. The second kappa shape index (κ2) is 15.8. The topological polar surface area (TPSA) is 162 Å². The number of piperidine rings is 2. The second-order valence-corrected chi connectivity index (χ2v) is 16.9. The van der Waals surface area contributed by atoms with E-state index in [1.165, 1.54) is 6.07 Å². The van der Waals surface area contributed by atoms with E-state index in [2.05, 4.69) is 35.5 Å². The maximum atomic E-state index is 15.5. The first-order chi connectivity index (χ1) is 28.5. The molecule has 59 heavy (non-hydrogen) atoms. The highest BCUT2D eigenvalue weighted by Crippen LogP contribution is 2.38. The zero-order valence-electron chi connectivity index (χ0n) is 32.2. The van der Waals surface area contributed by atoms with Gasteiger partial charge >= 0.3 is 0 Å². The average Bonchev–Trinajstić information content (AvgIpc) is 3.89. The molecule has 17 heteroatoms. The molecule has 1 aliphatic carbocycles. The molecule has 1 saturated carbocycles. The molecule has 3 atom stereocenters. The van der Waals surface area contributed by atoms with E-state index in [0.29, 0.717) is 47.4 Å². The summed E-state index contributed by atoms with van der Waals surface area (Å²) >= 11 is 6.15. The fourth-order valence-electron chi connectivity index (χ4n) is 9.75. The molecular weight excluding hydrogens is 781 g/mol. The number of hydrogen-bond donors (Lipinski definition) is 2. The van der Waals surface area contributed by atoms with Crippen molar-refractivity contribution in [3.8, 4) is 5.75 Å². The van der Waals surface area contributed by atoms with Crippen LogP contribution in [0.15, 0.2) is 42.5 Å². The summed E-state index contributed by atoms with van der Waals surface area (Å²) in [6, 6.07) is 10.5. The lowest BCUT2D eigenvalue weighted by Gasteiger charge is -2.38. The molecule has 3 aromatic rings. The molecule has 2 N–H and O–H groups in total. The van der Waals surface area contributed by atoms with Gasteiger partial charge < -0.3 is 19.9 Å². The third-order valence-electron chi connectivity index (χ3n) is 12.9. The maximum absolute atomic E-state index is 15.5. The van der Waals surface area contributed by atoms with Gasteiger partial charge in [0.25, 0.3) is 17.7 Å². The number of fused-ring (bicyclic) bond motifs is 2. The van der Waals surface area contributed by atoms with Gasteiger partial charge in [0.15, 0.2) is 11.5 Å². The van der Waals surface area contributed by atoms with Crippen molar-refractivity contribution in [1.82, 2.24) is 30.6 Å². The van der Waals surface area contributed by atoms with Crippen LogP contribution in [0, 0.1) is 24.2 Å². The number of rotatable bonds is 8. The lowest BCUT2D eigenvalue weighted by Crippen LogP contribution is -2.54. The summed E-state index contributed by atoms with van der Waals surface area (Å²) in [6.45, 7) is 12.0. The fourth-order valence-corrected chi connectivity index (χ4v) is 9.96. The molecule has 0 radical (unpaired) electrons. The van der Waals surface area contributed by atoms with Crippen LogP contribution in [0.4, 0.5) is 21.6 Å². The van der Waals surface area contributed by atoms with Crippen molar-refractivity contribution in [2.24, 2.45) is 11.8 Å². The first-order valence-corrected chi connectivity index (χ1v) is 20.7. The van der Waals surface area contributed by atoms with Crippen molar-refractivity contribution < 1.29 is 33.1 Å². The highest BCUT2D eigenvalue weighted by molar-refractivity contribution is 6.33. The molecule has 4 saturated heterocycles. The summed E-state index contributed by atoms with van der Waals surface area (Å²) in [6.07, 6.45) is 4.83. The molecule has 0 bridgehead atoms. The molecule has 9 rings (SSSR count). The molecule has 15 nitrogen and oxygen atoms in total. The lowest BCUT2D eigenvalue weighted by atomic mass is 9.93. The van der Waals surface area contributed by atoms with Crippen molar-refractivity contribution in [3.63, 3.8) is 0 Å². The Balaban J connectivity index is 0.728. The quantitative estimate of drug-likeness (QED) is 0.245. The first kappa shape index (κ1) is 38.8. The summed E-state index contributed by atoms with van der Waals surface area (Å²) in [7, 11) is 0. The Kier molecular flexibility index (Phi) is 10.4. The molecule has 0 spiro atoms. The van der Waals surface area contributed by atoms with Gasteiger partial charge in [-0.05, 0) is 93.2 Å². The summed E-state index contributed by atoms with van der Waals surface area (Å²) < 4.78 is 21.6. The molecule has 6 aliphatic rings. The number of halogens is 2. The van der Waals surface area contributed by atoms with Gasteiger partial charge in [0.2, 0.25) is 17.5 Å². The van der Waals surface area contributed by atoms with E-state index >= 15 is 4.39 Å².